The average molecular weight is 142 g/mol. The minimum absolute atomic E-state index is 0.0538. The van der Waals surface area contributed by atoms with Crippen molar-refractivity contribution in [1.82, 2.24) is 10.2 Å². The molecule has 0 aliphatic carbocycles. The van der Waals surface area contributed by atoms with E-state index in [2.05, 4.69) is 5.32 Å². The van der Waals surface area contributed by atoms with Gasteiger partial charge in [-0.05, 0) is 14.1 Å². The highest BCUT2D eigenvalue weighted by atomic mass is 16.1. The van der Waals surface area contributed by atoms with Gasteiger partial charge in [-0.15, -0.1) is 0 Å². The molecule has 0 aliphatic rings. The minimum Gasteiger partial charge on any atom is -0.356 e. The highest BCUT2D eigenvalue weighted by molar-refractivity contribution is 5.87. The molecule has 0 rings (SSSR count). The highest BCUT2D eigenvalue weighted by Crippen LogP contribution is 1.76. The van der Waals surface area contributed by atoms with Crippen molar-refractivity contribution in [2.24, 2.45) is 0 Å². The van der Waals surface area contributed by atoms with Gasteiger partial charge in [0, 0.05) is 19.7 Å². The number of carbonyl (C=O) groups is 1. The van der Waals surface area contributed by atoms with Crippen LogP contribution in [0.25, 0.3) is 0 Å². The van der Waals surface area contributed by atoms with E-state index in [0.29, 0.717) is 0 Å². The zero-order valence-electron chi connectivity index (χ0n) is 6.72. The summed E-state index contributed by atoms with van der Waals surface area (Å²) in [6.45, 7) is 0.799. The summed E-state index contributed by atoms with van der Waals surface area (Å²) in [5, 5.41) is 2.49. The Balaban J connectivity index is 3.46. The summed E-state index contributed by atoms with van der Waals surface area (Å²) >= 11 is 0. The maximum absolute atomic E-state index is 10.6. The van der Waals surface area contributed by atoms with Gasteiger partial charge in [0.25, 0.3) is 0 Å². The van der Waals surface area contributed by atoms with Crippen molar-refractivity contribution >= 4 is 5.91 Å². The molecule has 3 nitrogen and oxygen atoms in total. The summed E-state index contributed by atoms with van der Waals surface area (Å²) < 4.78 is 0. The number of carbonyl (C=O) groups excluding carboxylic acids is 1. The van der Waals surface area contributed by atoms with Gasteiger partial charge in [-0.25, -0.2) is 0 Å². The Morgan fingerprint density at radius 3 is 2.60 bits per heavy atom. The number of likely N-dealkylation sites (N-methyl/N-ethyl adjacent to an activating group) is 2. The van der Waals surface area contributed by atoms with E-state index in [1.54, 1.807) is 7.05 Å². The third-order valence-corrected chi connectivity index (χ3v) is 0.986. The predicted molar refractivity (Wildman–Crippen MR) is 41.8 cm³/mol. The maximum atomic E-state index is 10.6. The summed E-state index contributed by atoms with van der Waals surface area (Å²) in [6, 6.07) is 0. The SMILES string of the molecule is CNC(=O)/C=C\CN(C)C. The molecule has 0 aliphatic heterocycles. The van der Waals surface area contributed by atoms with E-state index in [-0.39, 0.29) is 5.91 Å². The smallest absolute Gasteiger partial charge is 0.243 e. The lowest BCUT2D eigenvalue weighted by Gasteiger charge is -2.02. The molecule has 0 bridgehead atoms. The number of amides is 1. The van der Waals surface area contributed by atoms with Gasteiger partial charge in [0.1, 0.15) is 0 Å². The lowest BCUT2D eigenvalue weighted by Crippen LogP contribution is -2.16. The van der Waals surface area contributed by atoms with E-state index in [1.807, 2.05) is 25.1 Å². The van der Waals surface area contributed by atoms with E-state index in [9.17, 15) is 4.79 Å². The molecule has 0 radical (unpaired) electrons. The van der Waals surface area contributed by atoms with Gasteiger partial charge < -0.3 is 10.2 Å². The number of hydrogen-bond acceptors (Lipinski definition) is 2. The van der Waals surface area contributed by atoms with Crippen LogP contribution in [0.5, 0.6) is 0 Å². The van der Waals surface area contributed by atoms with Gasteiger partial charge in [-0.2, -0.15) is 0 Å². The van der Waals surface area contributed by atoms with Crippen molar-refractivity contribution in [3.8, 4) is 0 Å². The molecule has 0 heterocycles. The Hall–Kier alpha value is -0.830. The molecule has 0 saturated carbocycles. The molecule has 0 atom stereocenters. The first-order valence-electron chi connectivity index (χ1n) is 3.20. The Morgan fingerprint density at radius 1 is 1.60 bits per heavy atom. The second-order valence-electron chi connectivity index (χ2n) is 2.28. The molecular weight excluding hydrogens is 128 g/mol. The molecule has 0 aromatic carbocycles. The second kappa shape index (κ2) is 4.99. The molecule has 0 unspecified atom stereocenters. The number of nitrogens with one attached hydrogen (secondary N) is 1. The van der Waals surface area contributed by atoms with Crippen LogP contribution in [0, 0.1) is 0 Å². The summed E-state index contributed by atoms with van der Waals surface area (Å²) in [6.07, 6.45) is 3.35. The largest absolute Gasteiger partial charge is 0.356 e. The summed E-state index contributed by atoms with van der Waals surface area (Å²) in [4.78, 5) is 12.6. The molecule has 0 aromatic rings. The third kappa shape index (κ3) is 5.31. The van der Waals surface area contributed by atoms with Gasteiger partial charge in [0.05, 0.1) is 0 Å². The van der Waals surface area contributed by atoms with Crippen molar-refractivity contribution in [2.75, 3.05) is 27.7 Å². The molecular formula is C7H14N2O. The topological polar surface area (TPSA) is 32.3 Å². The van der Waals surface area contributed by atoms with Crippen LogP contribution in [-0.2, 0) is 4.79 Å². The lowest BCUT2D eigenvalue weighted by atomic mass is 10.4. The first-order valence-corrected chi connectivity index (χ1v) is 3.20. The number of rotatable bonds is 3. The first kappa shape index (κ1) is 9.17. The van der Waals surface area contributed by atoms with Crippen molar-refractivity contribution in [1.29, 1.82) is 0 Å². The fourth-order valence-corrected chi connectivity index (χ4v) is 0.454. The molecule has 0 fully saturated rings. The molecule has 10 heavy (non-hydrogen) atoms. The van der Waals surface area contributed by atoms with E-state index >= 15 is 0 Å². The minimum atomic E-state index is -0.0538. The summed E-state index contributed by atoms with van der Waals surface area (Å²) in [5.41, 5.74) is 0. The standard InChI is InChI=1S/C7H14N2O/c1-8-7(10)5-4-6-9(2)3/h4-5H,6H2,1-3H3,(H,8,10)/b5-4-. The van der Waals surface area contributed by atoms with E-state index < -0.39 is 0 Å². The van der Waals surface area contributed by atoms with Crippen LogP contribution < -0.4 is 5.32 Å². The van der Waals surface area contributed by atoms with Gasteiger partial charge >= 0.3 is 0 Å². The summed E-state index contributed by atoms with van der Waals surface area (Å²) in [5.74, 6) is -0.0538. The fraction of sp³-hybridized carbons (Fsp3) is 0.571. The molecule has 0 aromatic heterocycles. The number of hydrogen-bond donors (Lipinski definition) is 1. The van der Waals surface area contributed by atoms with Crippen LogP contribution in [0.1, 0.15) is 0 Å². The average Bonchev–Trinajstić information content (AvgIpc) is 1.87. The first-order chi connectivity index (χ1) is 4.66. The molecule has 0 saturated heterocycles. The molecule has 3 heteroatoms. The van der Waals surface area contributed by atoms with E-state index in [1.165, 1.54) is 6.08 Å². The Morgan fingerprint density at radius 2 is 2.20 bits per heavy atom. The maximum Gasteiger partial charge on any atom is 0.243 e. The lowest BCUT2D eigenvalue weighted by molar-refractivity contribution is -0.116. The van der Waals surface area contributed by atoms with Gasteiger partial charge in [-0.1, -0.05) is 6.08 Å². The summed E-state index contributed by atoms with van der Waals surface area (Å²) in [7, 11) is 5.52. The Bertz CT molecular complexity index is 130. The van der Waals surface area contributed by atoms with Crippen molar-refractivity contribution < 1.29 is 4.79 Å². The second-order valence-corrected chi connectivity index (χ2v) is 2.28. The van der Waals surface area contributed by atoms with Crippen LogP contribution in [0.3, 0.4) is 0 Å². The van der Waals surface area contributed by atoms with Crippen LogP contribution in [0.2, 0.25) is 0 Å². The molecule has 1 amide bonds. The molecule has 0 spiro atoms. The monoisotopic (exact) mass is 142 g/mol. The van der Waals surface area contributed by atoms with E-state index in [4.69, 9.17) is 0 Å². The van der Waals surface area contributed by atoms with Crippen molar-refractivity contribution in [3.63, 3.8) is 0 Å². The molecule has 1 N–H and O–H groups in total. The van der Waals surface area contributed by atoms with Gasteiger partial charge in [0.2, 0.25) is 5.91 Å². The number of nitrogens with zero attached hydrogens (tertiary/aromatic N) is 1. The van der Waals surface area contributed by atoms with E-state index in [0.717, 1.165) is 6.54 Å². The van der Waals surface area contributed by atoms with Crippen molar-refractivity contribution in [2.45, 2.75) is 0 Å². The van der Waals surface area contributed by atoms with Crippen LogP contribution in [0.4, 0.5) is 0 Å². The van der Waals surface area contributed by atoms with Crippen LogP contribution in [-0.4, -0.2) is 38.5 Å². The molecule has 58 valence electrons. The third-order valence-electron chi connectivity index (χ3n) is 0.986. The zero-order chi connectivity index (χ0) is 7.98. The highest BCUT2D eigenvalue weighted by Gasteiger charge is 1.87. The Labute approximate surface area is 61.7 Å². The van der Waals surface area contributed by atoms with Gasteiger partial charge in [0.15, 0.2) is 0 Å². The zero-order valence-corrected chi connectivity index (χ0v) is 6.72. The fourth-order valence-electron chi connectivity index (χ4n) is 0.454. The predicted octanol–water partition coefficient (Wildman–Crippen LogP) is -0.150. The van der Waals surface area contributed by atoms with Crippen molar-refractivity contribution in [3.05, 3.63) is 12.2 Å². The van der Waals surface area contributed by atoms with Crippen LogP contribution >= 0.6 is 0 Å². The van der Waals surface area contributed by atoms with Gasteiger partial charge in [-0.3, -0.25) is 4.79 Å². The Kier molecular flexibility index (Phi) is 4.58. The quantitative estimate of drug-likeness (QED) is 0.556. The van der Waals surface area contributed by atoms with Crippen LogP contribution in [0.15, 0.2) is 12.2 Å². The normalized spacial score (nSPS) is 10.8.